The van der Waals surface area contributed by atoms with E-state index in [-0.39, 0.29) is 10.6 Å². The molecule has 0 N–H and O–H groups in total. The van der Waals surface area contributed by atoms with Crippen LogP contribution < -0.4 is 4.90 Å². The monoisotopic (exact) mass is 448 g/mol. The Labute approximate surface area is 187 Å². The summed E-state index contributed by atoms with van der Waals surface area (Å²) in [6.45, 7) is 1.98. The highest BCUT2D eigenvalue weighted by molar-refractivity contribution is 8.19. The van der Waals surface area contributed by atoms with Gasteiger partial charge >= 0.3 is 0 Å². The first-order valence-electron chi connectivity index (χ1n) is 9.28. The summed E-state index contributed by atoms with van der Waals surface area (Å²) in [5.41, 5.74) is 2.03. The van der Waals surface area contributed by atoms with E-state index < -0.39 is 16.1 Å². The standard InChI is InChI=1S/C23H16N2O4S2/c1-15-7-10-18(11-8-15)30-20-12-9-16(13-19(20)25(28)29)14-21-22(26)24(23(27)31-21)17-5-3-2-4-6-17/h2-14H,1H3/b21-14+. The summed E-state index contributed by atoms with van der Waals surface area (Å²) in [7, 11) is 0. The van der Waals surface area contributed by atoms with E-state index in [4.69, 9.17) is 0 Å². The summed E-state index contributed by atoms with van der Waals surface area (Å²) in [5.74, 6) is -0.443. The van der Waals surface area contributed by atoms with Gasteiger partial charge in [-0.25, -0.2) is 4.90 Å². The molecule has 6 nitrogen and oxygen atoms in total. The van der Waals surface area contributed by atoms with E-state index in [0.717, 1.165) is 27.1 Å². The first kappa shape index (κ1) is 20.9. The second-order valence-electron chi connectivity index (χ2n) is 6.75. The third-order valence-electron chi connectivity index (χ3n) is 4.53. The molecule has 154 valence electrons. The van der Waals surface area contributed by atoms with E-state index in [9.17, 15) is 19.7 Å². The number of benzene rings is 3. The molecular formula is C23H16N2O4S2. The molecule has 1 heterocycles. The van der Waals surface area contributed by atoms with Crippen LogP contribution in [-0.2, 0) is 4.79 Å². The van der Waals surface area contributed by atoms with Crippen molar-refractivity contribution >= 4 is 52.1 Å². The van der Waals surface area contributed by atoms with Gasteiger partial charge in [0, 0.05) is 11.0 Å². The van der Waals surface area contributed by atoms with Crippen LogP contribution in [0.25, 0.3) is 6.08 Å². The number of thioether (sulfide) groups is 1. The molecule has 0 radical (unpaired) electrons. The summed E-state index contributed by atoms with van der Waals surface area (Å²) >= 11 is 2.12. The fourth-order valence-corrected chi connectivity index (χ4v) is 4.75. The Balaban J connectivity index is 1.63. The number of hydrogen-bond acceptors (Lipinski definition) is 6. The summed E-state index contributed by atoms with van der Waals surface area (Å²) in [5, 5.41) is 11.2. The summed E-state index contributed by atoms with van der Waals surface area (Å²) in [4.78, 5) is 39.0. The molecule has 31 heavy (non-hydrogen) atoms. The normalized spacial score (nSPS) is 15.0. The van der Waals surface area contributed by atoms with Crippen LogP contribution in [0.4, 0.5) is 16.2 Å². The zero-order chi connectivity index (χ0) is 22.0. The van der Waals surface area contributed by atoms with Crippen molar-refractivity contribution in [1.82, 2.24) is 0 Å². The molecule has 3 aromatic rings. The van der Waals surface area contributed by atoms with Crippen LogP contribution in [0.1, 0.15) is 11.1 Å². The number of nitro benzene ring substituents is 1. The van der Waals surface area contributed by atoms with Crippen LogP contribution in [0, 0.1) is 17.0 Å². The van der Waals surface area contributed by atoms with Gasteiger partial charge in [0.25, 0.3) is 16.8 Å². The highest BCUT2D eigenvalue weighted by Gasteiger charge is 2.36. The molecule has 0 spiro atoms. The number of para-hydroxylation sites is 1. The minimum Gasteiger partial charge on any atom is -0.268 e. The van der Waals surface area contributed by atoms with Gasteiger partial charge in [-0.05, 0) is 60.7 Å². The van der Waals surface area contributed by atoms with Gasteiger partial charge in [-0.3, -0.25) is 19.7 Å². The molecule has 3 aromatic carbocycles. The molecule has 1 saturated heterocycles. The lowest BCUT2D eigenvalue weighted by Crippen LogP contribution is -2.27. The molecule has 1 aliphatic heterocycles. The number of nitro groups is 1. The minimum atomic E-state index is -0.443. The number of aryl methyl sites for hydroxylation is 1. The molecule has 4 rings (SSSR count). The van der Waals surface area contributed by atoms with Crippen molar-refractivity contribution in [2.24, 2.45) is 0 Å². The lowest BCUT2D eigenvalue weighted by atomic mass is 10.2. The molecule has 2 amide bonds. The van der Waals surface area contributed by atoms with Crippen LogP contribution >= 0.6 is 23.5 Å². The van der Waals surface area contributed by atoms with Crippen LogP contribution in [0.2, 0.25) is 0 Å². The Hall–Kier alpha value is -3.36. The van der Waals surface area contributed by atoms with Crippen molar-refractivity contribution in [1.29, 1.82) is 0 Å². The average Bonchev–Trinajstić information content (AvgIpc) is 3.04. The largest absolute Gasteiger partial charge is 0.298 e. The molecule has 1 aliphatic rings. The van der Waals surface area contributed by atoms with E-state index in [1.807, 2.05) is 31.2 Å². The summed E-state index contributed by atoms with van der Waals surface area (Å²) < 4.78 is 0. The van der Waals surface area contributed by atoms with Gasteiger partial charge in [0.05, 0.1) is 20.4 Å². The highest BCUT2D eigenvalue weighted by atomic mass is 32.2. The summed E-state index contributed by atoms with van der Waals surface area (Å²) in [6, 6.07) is 21.2. The number of hydrogen-bond donors (Lipinski definition) is 0. The van der Waals surface area contributed by atoms with E-state index in [2.05, 4.69) is 0 Å². The highest BCUT2D eigenvalue weighted by Crippen LogP contribution is 2.38. The van der Waals surface area contributed by atoms with Crippen molar-refractivity contribution in [3.8, 4) is 0 Å². The molecule has 0 bridgehead atoms. The van der Waals surface area contributed by atoms with Gasteiger partial charge in [-0.15, -0.1) is 0 Å². The third-order valence-corrected chi connectivity index (χ3v) is 6.48. The zero-order valence-corrected chi connectivity index (χ0v) is 18.0. The SMILES string of the molecule is Cc1ccc(Sc2ccc(/C=C3/SC(=O)N(c4ccccc4)C3=O)cc2[N+](=O)[O-])cc1. The Morgan fingerprint density at radius 1 is 1.00 bits per heavy atom. The molecule has 0 atom stereocenters. The first-order chi connectivity index (χ1) is 14.9. The van der Waals surface area contributed by atoms with Crippen LogP contribution in [0.3, 0.4) is 0 Å². The molecule has 0 aliphatic carbocycles. The Morgan fingerprint density at radius 2 is 1.71 bits per heavy atom. The number of carbonyl (C=O) groups is 2. The third kappa shape index (κ3) is 4.55. The van der Waals surface area contributed by atoms with Gasteiger partial charge in [0.2, 0.25) is 0 Å². The van der Waals surface area contributed by atoms with Crippen LogP contribution in [-0.4, -0.2) is 16.1 Å². The van der Waals surface area contributed by atoms with Gasteiger partial charge in [-0.2, -0.15) is 0 Å². The number of amides is 2. The maximum atomic E-state index is 12.8. The predicted octanol–water partition coefficient (Wildman–Crippen LogP) is 6.30. The average molecular weight is 449 g/mol. The molecular weight excluding hydrogens is 432 g/mol. The maximum Gasteiger partial charge on any atom is 0.298 e. The molecule has 1 fully saturated rings. The molecule has 8 heteroatoms. The minimum absolute atomic E-state index is 0.0541. The quantitative estimate of drug-likeness (QED) is 0.259. The molecule has 0 unspecified atom stereocenters. The van der Waals surface area contributed by atoms with Gasteiger partial charge in [-0.1, -0.05) is 53.7 Å². The first-order valence-corrected chi connectivity index (χ1v) is 10.9. The number of nitrogens with zero attached hydrogens (tertiary/aromatic N) is 2. The molecule has 0 saturated carbocycles. The number of imide groups is 1. The Morgan fingerprint density at radius 3 is 2.39 bits per heavy atom. The second-order valence-corrected chi connectivity index (χ2v) is 8.86. The van der Waals surface area contributed by atoms with E-state index in [0.29, 0.717) is 16.1 Å². The van der Waals surface area contributed by atoms with Gasteiger partial charge < -0.3 is 0 Å². The van der Waals surface area contributed by atoms with E-state index in [1.54, 1.807) is 42.5 Å². The topological polar surface area (TPSA) is 80.5 Å². The Bertz CT molecular complexity index is 1210. The van der Waals surface area contributed by atoms with E-state index in [1.165, 1.54) is 23.9 Å². The van der Waals surface area contributed by atoms with Gasteiger partial charge in [0.1, 0.15) is 0 Å². The zero-order valence-electron chi connectivity index (χ0n) is 16.3. The fourth-order valence-electron chi connectivity index (χ4n) is 3.01. The van der Waals surface area contributed by atoms with Crippen molar-refractivity contribution < 1.29 is 14.5 Å². The lowest BCUT2D eigenvalue weighted by Gasteiger charge is -2.11. The number of carbonyl (C=O) groups excluding carboxylic acids is 2. The maximum absolute atomic E-state index is 12.8. The van der Waals surface area contributed by atoms with Crippen molar-refractivity contribution in [3.05, 3.63) is 98.9 Å². The Kier molecular flexibility index (Phi) is 5.92. The lowest BCUT2D eigenvalue weighted by molar-refractivity contribution is -0.387. The second kappa shape index (κ2) is 8.79. The smallest absolute Gasteiger partial charge is 0.268 e. The summed E-state index contributed by atoms with van der Waals surface area (Å²) in [6.07, 6.45) is 1.52. The number of anilines is 1. The van der Waals surface area contributed by atoms with Crippen LogP contribution in [0.5, 0.6) is 0 Å². The van der Waals surface area contributed by atoms with Crippen LogP contribution in [0.15, 0.2) is 87.5 Å². The fraction of sp³-hybridized carbons (Fsp3) is 0.0435. The molecule has 0 aromatic heterocycles. The van der Waals surface area contributed by atoms with Crippen molar-refractivity contribution in [2.45, 2.75) is 16.7 Å². The van der Waals surface area contributed by atoms with Crippen molar-refractivity contribution in [2.75, 3.05) is 4.90 Å². The van der Waals surface area contributed by atoms with E-state index >= 15 is 0 Å². The number of rotatable bonds is 5. The predicted molar refractivity (Wildman–Crippen MR) is 123 cm³/mol. The van der Waals surface area contributed by atoms with Crippen molar-refractivity contribution in [3.63, 3.8) is 0 Å². The van der Waals surface area contributed by atoms with Gasteiger partial charge in [0.15, 0.2) is 0 Å².